The van der Waals surface area contributed by atoms with Crippen LogP contribution >= 0.6 is 0 Å². The summed E-state index contributed by atoms with van der Waals surface area (Å²) in [6.45, 7) is 0.996. The number of hydrogen-bond acceptors (Lipinski definition) is 6. The maximum absolute atomic E-state index is 13.4. The molecule has 4 aromatic rings. The molecule has 1 aromatic heterocycles. The van der Waals surface area contributed by atoms with Crippen LogP contribution in [0.3, 0.4) is 0 Å². The van der Waals surface area contributed by atoms with Crippen molar-refractivity contribution in [2.75, 3.05) is 18.9 Å². The van der Waals surface area contributed by atoms with Gasteiger partial charge in [-0.2, -0.15) is 4.72 Å². The molecular weight excluding hydrogens is 428 g/mol. The van der Waals surface area contributed by atoms with Crippen LogP contribution in [0.2, 0.25) is 0 Å². The molecule has 164 valence electrons. The predicted molar refractivity (Wildman–Crippen MR) is 121 cm³/mol. The van der Waals surface area contributed by atoms with Crippen molar-refractivity contribution in [3.05, 3.63) is 84.1 Å². The van der Waals surface area contributed by atoms with Crippen molar-refractivity contribution in [1.82, 2.24) is 4.72 Å². The van der Waals surface area contributed by atoms with E-state index in [1.807, 2.05) is 36.4 Å². The first-order chi connectivity index (χ1) is 15.5. The number of nitrogens with two attached hydrogens (primary N) is 1. The lowest BCUT2D eigenvalue weighted by Gasteiger charge is -2.18. The normalized spacial score (nSPS) is 14.8. The number of anilines is 1. The minimum Gasteiger partial charge on any atom is -0.490 e. The van der Waals surface area contributed by atoms with E-state index in [0.29, 0.717) is 47.3 Å². The number of rotatable bonds is 5. The summed E-state index contributed by atoms with van der Waals surface area (Å²) in [4.78, 5) is 0.0757. The van der Waals surface area contributed by atoms with Crippen LogP contribution in [0.15, 0.2) is 82.1 Å². The standard InChI is InChI=1S/C24H22N2O5S/c25-18-7-3-6-17(13-18)24(23-14-16-5-1-2-8-20(16)31-23)26-32(27,28)19-9-10-21-22(15-19)30-12-4-11-29-21/h1-3,5-10,13-15,24,26H,4,11-12,25H2/t24-/m1/s1. The van der Waals surface area contributed by atoms with E-state index in [-0.39, 0.29) is 4.90 Å². The SMILES string of the molecule is Nc1cccc([C@@H](NS(=O)(=O)c2ccc3c(c2)OCCCO3)c2cc3ccccc3o2)c1. The molecule has 3 N–H and O–H groups in total. The highest BCUT2D eigenvalue weighted by molar-refractivity contribution is 7.89. The first-order valence-corrected chi connectivity index (χ1v) is 11.7. The van der Waals surface area contributed by atoms with Gasteiger partial charge in [0.25, 0.3) is 0 Å². The number of nitrogen functional groups attached to an aromatic ring is 1. The number of hydrogen-bond donors (Lipinski definition) is 2. The zero-order chi connectivity index (χ0) is 22.1. The molecule has 0 amide bonds. The van der Waals surface area contributed by atoms with E-state index in [9.17, 15) is 8.42 Å². The highest BCUT2D eigenvalue weighted by Gasteiger charge is 2.27. The lowest BCUT2D eigenvalue weighted by atomic mass is 10.0. The quantitative estimate of drug-likeness (QED) is 0.441. The van der Waals surface area contributed by atoms with Gasteiger partial charge < -0.3 is 19.6 Å². The number of furan rings is 1. The summed E-state index contributed by atoms with van der Waals surface area (Å²) in [7, 11) is -3.94. The lowest BCUT2D eigenvalue weighted by molar-refractivity contribution is 0.297. The van der Waals surface area contributed by atoms with Gasteiger partial charge in [-0.3, -0.25) is 0 Å². The Balaban J connectivity index is 1.55. The number of ether oxygens (including phenoxy) is 2. The van der Waals surface area contributed by atoms with E-state index in [1.54, 1.807) is 24.3 Å². The van der Waals surface area contributed by atoms with Gasteiger partial charge in [0.2, 0.25) is 10.0 Å². The predicted octanol–water partition coefficient (Wildman–Crippen LogP) is 4.24. The average molecular weight is 451 g/mol. The van der Waals surface area contributed by atoms with E-state index < -0.39 is 16.1 Å². The third kappa shape index (κ3) is 4.02. The number of fused-ring (bicyclic) bond motifs is 2. The van der Waals surface area contributed by atoms with Gasteiger partial charge in [-0.15, -0.1) is 0 Å². The molecule has 2 heterocycles. The molecule has 0 saturated carbocycles. The third-order valence-corrected chi connectivity index (χ3v) is 6.70. The van der Waals surface area contributed by atoms with Crippen molar-refractivity contribution in [3.8, 4) is 11.5 Å². The molecule has 0 saturated heterocycles. The highest BCUT2D eigenvalue weighted by atomic mass is 32.2. The van der Waals surface area contributed by atoms with E-state index in [1.165, 1.54) is 12.1 Å². The van der Waals surface area contributed by atoms with Gasteiger partial charge in [-0.25, -0.2) is 8.42 Å². The Morgan fingerprint density at radius 3 is 2.50 bits per heavy atom. The fourth-order valence-corrected chi connectivity index (χ4v) is 4.92. The second-order valence-corrected chi connectivity index (χ2v) is 9.28. The third-order valence-electron chi connectivity index (χ3n) is 5.28. The summed E-state index contributed by atoms with van der Waals surface area (Å²) in [6, 6.07) is 20.3. The largest absolute Gasteiger partial charge is 0.490 e. The van der Waals surface area contributed by atoms with Gasteiger partial charge in [0, 0.05) is 23.6 Å². The van der Waals surface area contributed by atoms with Crippen LogP contribution in [0, 0.1) is 0 Å². The Labute approximate surface area is 185 Å². The van der Waals surface area contributed by atoms with Crippen molar-refractivity contribution in [3.63, 3.8) is 0 Å². The number of benzene rings is 3. The second kappa shape index (κ2) is 8.22. The van der Waals surface area contributed by atoms with E-state index in [2.05, 4.69) is 4.72 Å². The van der Waals surface area contributed by atoms with E-state index >= 15 is 0 Å². The summed E-state index contributed by atoms with van der Waals surface area (Å²) in [5, 5.41) is 0.881. The molecule has 0 aliphatic carbocycles. The summed E-state index contributed by atoms with van der Waals surface area (Å²) in [6.07, 6.45) is 0.735. The summed E-state index contributed by atoms with van der Waals surface area (Å²) < 4.78 is 46.8. The maximum atomic E-state index is 13.4. The van der Waals surface area contributed by atoms with Gasteiger partial charge in [0.05, 0.1) is 18.1 Å². The Kier molecular flexibility index (Phi) is 5.24. The van der Waals surface area contributed by atoms with E-state index in [0.717, 1.165) is 11.8 Å². The zero-order valence-corrected chi connectivity index (χ0v) is 18.0. The topological polar surface area (TPSA) is 104 Å². The molecule has 0 spiro atoms. The van der Waals surface area contributed by atoms with Crippen LogP contribution in [0.1, 0.15) is 23.8 Å². The fourth-order valence-electron chi connectivity index (χ4n) is 3.71. The van der Waals surface area contributed by atoms with Crippen LogP contribution in [0.4, 0.5) is 5.69 Å². The Hall–Kier alpha value is -3.49. The Morgan fingerprint density at radius 1 is 0.875 bits per heavy atom. The number of nitrogens with one attached hydrogen (secondary N) is 1. The first kappa shape index (κ1) is 20.4. The molecule has 32 heavy (non-hydrogen) atoms. The fraction of sp³-hybridized carbons (Fsp3) is 0.167. The lowest BCUT2D eigenvalue weighted by Crippen LogP contribution is -2.29. The number of sulfonamides is 1. The van der Waals surface area contributed by atoms with Gasteiger partial charge in [-0.1, -0.05) is 30.3 Å². The second-order valence-electron chi connectivity index (χ2n) is 7.57. The highest BCUT2D eigenvalue weighted by Crippen LogP contribution is 2.34. The summed E-state index contributed by atoms with van der Waals surface area (Å²) in [5.74, 6) is 1.41. The molecule has 7 nitrogen and oxygen atoms in total. The minimum atomic E-state index is -3.94. The summed E-state index contributed by atoms with van der Waals surface area (Å²) in [5.41, 5.74) is 7.84. The summed E-state index contributed by atoms with van der Waals surface area (Å²) >= 11 is 0. The molecular formula is C24H22N2O5S. The molecule has 0 bridgehead atoms. The van der Waals surface area contributed by atoms with Crippen LogP contribution in [-0.2, 0) is 10.0 Å². The molecule has 8 heteroatoms. The average Bonchev–Trinajstić information content (AvgIpc) is 3.07. The van der Waals surface area contributed by atoms with Gasteiger partial charge in [0.1, 0.15) is 17.4 Å². The van der Waals surface area contributed by atoms with Crippen molar-refractivity contribution < 1.29 is 22.3 Å². The smallest absolute Gasteiger partial charge is 0.241 e. The van der Waals surface area contributed by atoms with E-state index in [4.69, 9.17) is 19.6 Å². The molecule has 1 atom stereocenters. The van der Waals surface area contributed by atoms with Crippen LogP contribution in [-0.4, -0.2) is 21.6 Å². The maximum Gasteiger partial charge on any atom is 0.241 e. The minimum absolute atomic E-state index is 0.0757. The van der Waals surface area contributed by atoms with Gasteiger partial charge in [0.15, 0.2) is 11.5 Å². The van der Waals surface area contributed by atoms with Gasteiger partial charge >= 0.3 is 0 Å². The van der Waals surface area contributed by atoms with Crippen LogP contribution in [0.5, 0.6) is 11.5 Å². The Morgan fingerprint density at radius 2 is 1.69 bits per heavy atom. The molecule has 1 aliphatic rings. The van der Waals surface area contributed by atoms with Gasteiger partial charge in [-0.05, 0) is 42.0 Å². The molecule has 1 aliphatic heterocycles. The van der Waals surface area contributed by atoms with Crippen molar-refractivity contribution in [2.24, 2.45) is 0 Å². The van der Waals surface area contributed by atoms with Crippen molar-refractivity contribution >= 4 is 26.7 Å². The Bertz CT molecular complexity index is 1350. The van der Waals surface area contributed by atoms with Crippen LogP contribution in [0.25, 0.3) is 11.0 Å². The van der Waals surface area contributed by atoms with Crippen molar-refractivity contribution in [1.29, 1.82) is 0 Å². The zero-order valence-electron chi connectivity index (χ0n) is 17.2. The monoisotopic (exact) mass is 450 g/mol. The van der Waals surface area contributed by atoms with Crippen LogP contribution < -0.4 is 19.9 Å². The first-order valence-electron chi connectivity index (χ1n) is 10.3. The molecule has 0 unspecified atom stereocenters. The molecule has 3 aromatic carbocycles. The van der Waals surface area contributed by atoms with Crippen molar-refractivity contribution in [2.45, 2.75) is 17.4 Å². The number of para-hydroxylation sites is 1. The molecule has 0 fully saturated rings. The molecule has 5 rings (SSSR count). The molecule has 0 radical (unpaired) electrons.